The summed E-state index contributed by atoms with van der Waals surface area (Å²) in [6.07, 6.45) is 2.72. The van der Waals surface area contributed by atoms with E-state index in [1.165, 1.54) is 5.56 Å². The molecule has 0 radical (unpaired) electrons. The van der Waals surface area contributed by atoms with Crippen LogP contribution in [0.1, 0.15) is 5.56 Å². The molecule has 0 atom stereocenters. The van der Waals surface area contributed by atoms with Gasteiger partial charge in [0.2, 0.25) is 0 Å². The number of hydrogen-bond donors (Lipinski definition) is 0. The molecule has 0 amide bonds. The molecule has 0 saturated carbocycles. The highest BCUT2D eigenvalue weighted by atomic mass is 16.5. The van der Waals surface area contributed by atoms with Gasteiger partial charge in [-0.1, -0.05) is 12.1 Å². The molecule has 0 aliphatic carbocycles. The van der Waals surface area contributed by atoms with Crippen molar-refractivity contribution < 1.29 is 14.0 Å². The number of ether oxygens (including phenoxy) is 2. The fraction of sp³-hybridized carbons (Fsp3) is 0.467. The van der Waals surface area contributed by atoms with Crippen LogP contribution in [0.15, 0.2) is 30.9 Å². The standard InChI is InChI=1S/C15H24NO2/c1-6-7-13-8-9-14(15(12-13)17-5)18-11-10-16(2,3)4/h6,8-9,12H,1,7,10-11H2,2-5H3/q+1. The highest BCUT2D eigenvalue weighted by Gasteiger charge is 2.09. The number of hydrogen-bond acceptors (Lipinski definition) is 2. The molecular weight excluding hydrogens is 226 g/mol. The van der Waals surface area contributed by atoms with Crippen LogP contribution in [0.2, 0.25) is 0 Å². The Labute approximate surface area is 110 Å². The zero-order valence-electron chi connectivity index (χ0n) is 11.9. The molecule has 0 bridgehead atoms. The van der Waals surface area contributed by atoms with Crippen LogP contribution >= 0.6 is 0 Å². The van der Waals surface area contributed by atoms with E-state index in [0.717, 1.165) is 28.9 Å². The molecule has 3 nitrogen and oxygen atoms in total. The van der Waals surface area contributed by atoms with Crippen molar-refractivity contribution >= 4 is 0 Å². The Kier molecular flexibility index (Phi) is 5.23. The van der Waals surface area contributed by atoms with E-state index >= 15 is 0 Å². The van der Waals surface area contributed by atoms with Crippen molar-refractivity contribution in [3.63, 3.8) is 0 Å². The lowest BCUT2D eigenvalue weighted by Gasteiger charge is -2.24. The number of allylic oxidation sites excluding steroid dienone is 1. The summed E-state index contributed by atoms with van der Waals surface area (Å²) in [4.78, 5) is 0. The van der Waals surface area contributed by atoms with Gasteiger partial charge in [-0.25, -0.2) is 0 Å². The SMILES string of the molecule is C=CCc1ccc(OCC[N+](C)(C)C)c(OC)c1. The molecule has 1 aromatic carbocycles. The maximum Gasteiger partial charge on any atom is 0.161 e. The van der Waals surface area contributed by atoms with Gasteiger partial charge >= 0.3 is 0 Å². The molecule has 0 N–H and O–H groups in total. The van der Waals surface area contributed by atoms with Gasteiger partial charge in [-0.2, -0.15) is 0 Å². The van der Waals surface area contributed by atoms with Gasteiger partial charge in [-0.15, -0.1) is 6.58 Å². The van der Waals surface area contributed by atoms with E-state index in [1.807, 2.05) is 24.3 Å². The zero-order chi connectivity index (χ0) is 13.6. The van der Waals surface area contributed by atoms with Gasteiger partial charge in [0.05, 0.1) is 28.3 Å². The summed E-state index contributed by atoms with van der Waals surface area (Å²) in [5.74, 6) is 1.59. The lowest BCUT2D eigenvalue weighted by Crippen LogP contribution is -2.38. The quantitative estimate of drug-likeness (QED) is 0.547. The molecule has 1 rings (SSSR count). The summed E-state index contributed by atoms with van der Waals surface area (Å²) in [7, 11) is 8.11. The third-order valence-corrected chi connectivity index (χ3v) is 2.63. The Morgan fingerprint density at radius 1 is 1.22 bits per heavy atom. The summed E-state index contributed by atoms with van der Waals surface area (Å²) >= 11 is 0. The van der Waals surface area contributed by atoms with Gasteiger partial charge in [-0.3, -0.25) is 0 Å². The van der Waals surface area contributed by atoms with E-state index in [0.29, 0.717) is 6.61 Å². The minimum atomic E-state index is 0.681. The lowest BCUT2D eigenvalue weighted by molar-refractivity contribution is -0.870. The predicted octanol–water partition coefficient (Wildman–Crippen LogP) is 2.51. The average Bonchev–Trinajstić information content (AvgIpc) is 2.29. The highest BCUT2D eigenvalue weighted by Crippen LogP contribution is 2.28. The zero-order valence-corrected chi connectivity index (χ0v) is 11.9. The molecule has 0 aromatic heterocycles. The molecule has 1 aromatic rings. The van der Waals surface area contributed by atoms with Crippen LogP contribution in [0, 0.1) is 0 Å². The van der Waals surface area contributed by atoms with Crippen LogP contribution < -0.4 is 9.47 Å². The average molecular weight is 250 g/mol. The first-order valence-corrected chi connectivity index (χ1v) is 6.17. The molecule has 0 unspecified atom stereocenters. The van der Waals surface area contributed by atoms with Crippen molar-refractivity contribution in [2.45, 2.75) is 6.42 Å². The fourth-order valence-corrected chi connectivity index (χ4v) is 1.55. The number of rotatable bonds is 7. The summed E-state index contributed by atoms with van der Waals surface area (Å²) in [5.41, 5.74) is 1.18. The molecule has 0 fully saturated rings. The van der Waals surface area contributed by atoms with Crippen molar-refractivity contribution in [2.24, 2.45) is 0 Å². The van der Waals surface area contributed by atoms with Crippen molar-refractivity contribution in [1.29, 1.82) is 0 Å². The van der Waals surface area contributed by atoms with Crippen molar-refractivity contribution in [3.8, 4) is 11.5 Å². The van der Waals surface area contributed by atoms with Crippen LogP contribution in [0.3, 0.4) is 0 Å². The van der Waals surface area contributed by atoms with Gasteiger partial charge < -0.3 is 14.0 Å². The van der Waals surface area contributed by atoms with Gasteiger partial charge in [-0.05, 0) is 24.1 Å². The van der Waals surface area contributed by atoms with E-state index in [1.54, 1.807) is 7.11 Å². The molecule has 0 saturated heterocycles. The smallest absolute Gasteiger partial charge is 0.161 e. The van der Waals surface area contributed by atoms with E-state index in [4.69, 9.17) is 9.47 Å². The lowest BCUT2D eigenvalue weighted by atomic mass is 10.1. The maximum atomic E-state index is 5.77. The van der Waals surface area contributed by atoms with E-state index in [9.17, 15) is 0 Å². The molecule has 0 aliphatic rings. The number of methoxy groups -OCH3 is 1. The Balaban J connectivity index is 2.67. The first kappa shape index (κ1) is 14.6. The van der Waals surface area contributed by atoms with Gasteiger partial charge in [0.1, 0.15) is 13.2 Å². The van der Waals surface area contributed by atoms with Crippen molar-refractivity contribution in [2.75, 3.05) is 41.4 Å². The summed E-state index contributed by atoms with van der Waals surface area (Å²) in [6.45, 7) is 5.37. The first-order chi connectivity index (χ1) is 8.46. The molecule has 0 heterocycles. The number of nitrogens with zero attached hydrogens (tertiary/aromatic N) is 1. The molecule has 100 valence electrons. The van der Waals surface area contributed by atoms with Crippen LogP contribution in [-0.2, 0) is 6.42 Å². The van der Waals surface area contributed by atoms with Gasteiger partial charge in [0.15, 0.2) is 11.5 Å². The Morgan fingerprint density at radius 3 is 2.50 bits per heavy atom. The third-order valence-electron chi connectivity index (χ3n) is 2.63. The topological polar surface area (TPSA) is 18.5 Å². The molecular formula is C15H24NO2+. The van der Waals surface area contributed by atoms with Gasteiger partial charge in [0, 0.05) is 0 Å². The Bertz CT molecular complexity index is 394. The Hall–Kier alpha value is -1.48. The molecule has 3 heteroatoms. The fourth-order valence-electron chi connectivity index (χ4n) is 1.55. The van der Waals surface area contributed by atoms with E-state index < -0.39 is 0 Å². The third kappa shape index (κ3) is 4.80. The second-order valence-corrected chi connectivity index (χ2v) is 5.34. The minimum absolute atomic E-state index is 0.681. The van der Waals surface area contributed by atoms with E-state index in [2.05, 4.69) is 27.7 Å². The predicted molar refractivity (Wildman–Crippen MR) is 75.3 cm³/mol. The minimum Gasteiger partial charge on any atom is -0.493 e. The Morgan fingerprint density at radius 2 is 1.94 bits per heavy atom. The van der Waals surface area contributed by atoms with Crippen LogP contribution in [0.5, 0.6) is 11.5 Å². The summed E-state index contributed by atoms with van der Waals surface area (Å²) in [5, 5.41) is 0. The normalized spacial score (nSPS) is 11.1. The summed E-state index contributed by atoms with van der Waals surface area (Å²) in [6, 6.07) is 6.02. The monoisotopic (exact) mass is 250 g/mol. The highest BCUT2D eigenvalue weighted by molar-refractivity contribution is 5.43. The van der Waals surface area contributed by atoms with Gasteiger partial charge in [0.25, 0.3) is 0 Å². The van der Waals surface area contributed by atoms with E-state index in [-0.39, 0.29) is 0 Å². The van der Waals surface area contributed by atoms with Crippen LogP contribution in [-0.4, -0.2) is 45.9 Å². The maximum absolute atomic E-state index is 5.77. The number of likely N-dealkylation sites (N-methyl/N-ethyl adjacent to an activating group) is 1. The summed E-state index contributed by atoms with van der Waals surface area (Å²) < 4.78 is 12.0. The number of benzene rings is 1. The first-order valence-electron chi connectivity index (χ1n) is 6.17. The van der Waals surface area contributed by atoms with Crippen molar-refractivity contribution in [1.82, 2.24) is 0 Å². The van der Waals surface area contributed by atoms with Crippen LogP contribution in [0.4, 0.5) is 0 Å². The van der Waals surface area contributed by atoms with Crippen LogP contribution in [0.25, 0.3) is 0 Å². The molecule has 18 heavy (non-hydrogen) atoms. The second kappa shape index (κ2) is 6.45. The second-order valence-electron chi connectivity index (χ2n) is 5.34. The molecule has 0 aliphatic heterocycles. The largest absolute Gasteiger partial charge is 0.493 e. The van der Waals surface area contributed by atoms with Crippen molar-refractivity contribution in [3.05, 3.63) is 36.4 Å². The molecule has 0 spiro atoms. The number of quaternary nitrogens is 1.